The number of nitrogens with one attached hydrogen (secondary N) is 1. The zero-order chi connectivity index (χ0) is 12.5. The molecule has 0 bridgehead atoms. The first kappa shape index (κ1) is 12.3. The Morgan fingerprint density at radius 3 is 2.59 bits per heavy atom. The Hall–Kier alpha value is -1.17. The van der Waals surface area contributed by atoms with Crippen LogP contribution in [0.5, 0.6) is 0 Å². The van der Waals surface area contributed by atoms with Gasteiger partial charge in [0.2, 0.25) is 0 Å². The van der Waals surface area contributed by atoms with Gasteiger partial charge in [0.05, 0.1) is 11.0 Å². The van der Waals surface area contributed by atoms with Crippen molar-refractivity contribution < 1.29 is 4.79 Å². The number of amides is 2. The zero-order valence-electron chi connectivity index (χ0n) is 9.90. The molecule has 17 heavy (non-hydrogen) atoms. The number of hydrogen-bond donors (Lipinski definition) is 1. The molecule has 0 unspecified atom stereocenters. The molecule has 1 aliphatic rings. The van der Waals surface area contributed by atoms with Gasteiger partial charge in [0.15, 0.2) is 0 Å². The number of nitrogens with zero attached hydrogens (tertiary/aromatic N) is 3. The molecule has 2 amide bonds. The maximum absolute atomic E-state index is 11.7. The summed E-state index contributed by atoms with van der Waals surface area (Å²) in [5.41, 5.74) is 0.255. The lowest BCUT2D eigenvalue weighted by Crippen LogP contribution is -2.58. The molecule has 92 valence electrons. The standard InChI is InChI=1S/C11H15BrN4O/c1-11(2)6-16(7-11)10(17)15-5-9-13-3-8(12)4-14-9/h3-4H,5-7H2,1-2H3,(H,15,17). The van der Waals surface area contributed by atoms with E-state index in [2.05, 4.69) is 45.1 Å². The smallest absolute Gasteiger partial charge is 0.317 e. The topological polar surface area (TPSA) is 58.1 Å². The van der Waals surface area contributed by atoms with Crippen molar-refractivity contribution in [1.29, 1.82) is 0 Å². The predicted octanol–water partition coefficient (Wildman–Crippen LogP) is 1.79. The fourth-order valence-electron chi connectivity index (χ4n) is 1.83. The van der Waals surface area contributed by atoms with Crippen molar-refractivity contribution in [2.24, 2.45) is 5.41 Å². The third-order valence-electron chi connectivity index (χ3n) is 2.60. The van der Waals surface area contributed by atoms with E-state index in [1.54, 1.807) is 17.3 Å². The van der Waals surface area contributed by atoms with Crippen LogP contribution < -0.4 is 5.32 Å². The molecule has 1 N–H and O–H groups in total. The van der Waals surface area contributed by atoms with E-state index in [9.17, 15) is 4.79 Å². The molecule has 6 heteroatoms. The van der Waals surface area contributed by atoms with Crippen LogP contribution in [0, 0.1) is 5.41 Å². The van der Waals surface area contributed by atoms with Crippen molar-refractivity contribution in [3.63, 3.8) is 0 Å². The number of urea groups is 1. The van der Waals surface area contributed by atoms with Crippen LogP contribution >= 0.6 is 15.9 Å². The van der Waals surface area contributed by atoms with E-state index >= 15 is 0 Å². The van der Waals surface area contributed by atoms with Crippen molar-refractivity contribution in [3.05, 3.63) is 22.7 Å². The molecule has 0 spiro atoms. The molecule has 1 aromatic rings. The van der Waals surface area contributed by atoms with Gasteiger partial charge in [-0.1, -0.05) is 13.8 Å². The van der Waals surface area contributed by atoms with Crippen molar-refractivity contribution in [3.8, 4) is 0 Å². The SMILES string of the molecule is CC1(C)CN(C(=O)NCc2ncc(Br)cn2)C1. The van der Waals surface area contributed by atoms with Crippen molar-refractivity contribution in [1.82, 2.24) is 20.2 Å². The van der Waals surface area contributed by atoms with E-state index in [1.165, 1.54) is 0 Å². The molecule has 0 aliphatic carbocycles. The lowest BCUT2D eigenvalue weighted by molar-refractivity contribution is 0.0615. The number of carbonyl (C=O) groups is 1. The van der Waals surface area contributed by atoms with Gasteiger partial charge in [0.25, 0.3) is 0 Å². The summed E-state index contributed by atoms with van der Waals surface area (Å²) >= 11 is 3.26. The largest absolute Gasteiger partial charge is 0.331 e. The van der Waals surface area contributed by atoms with Crippen molar-refractivity contribution in [2.45, 2.75) is 20.4 Å². The second-order valence-corrected chi connectivity index (χ2v) is 5.91. The highest BCUT2D eigenvalue weighted by molar-refractivity contribution is 9.10. The predicted molar refractivity (Wildman–Crippen MR) is 67.3 cm³/mol. The Morgan fingerprint density at radius 1 is 1.47 bits per heavy atom. The minimum absolute atomic E-state index is 0.0455. The maximum atomic E-state index is 11.7. The Bertz CT molecular complexity index is 410. The minimum atomic E-state index is -0.0455. The average Bonchev–Trinajstić information content (AvgIpc) is 2.24. The molecule has 0 radical (unpaired) electrons. The number of halogens is 1. The van der Waals surface area contributed by atoms with E-state index in [4.69, 9.17) is 0 Å². The first-order chi connectivity index (χ1) is 7.96. The van der Waals surface area contributed by atoms with Crippen LogP contribution in [0.4, 0.5) is 4.79 Å². The molecule has 0 aromatic carbocycles. The summed E-state index contributed by atoms with van der Waals surface area (Å²) in [5, 5.41) is 2.80. The molecule has 1 aromatic heterocycles. The summed E-state index contributed by atoms with van der Waals surface area (Å²) in [5.74, 6) is 0.612. The Morgan fingerprint density at radius 2 is 2.06 bits per heavy atom. The van der Waals surface area contributed by atoms with Crippen LogP contribution in [0.1, 0.15) is 19.7 Å². The van der Waals surface area contributed by atoms with E-state index in [1.807, 2.05) is 0 Å². The van der Waals surface area contributed by atoms with Gasteiger partial charge in [0, 0.05) is 30.9 Å². The molecule has 1 saturated heterocycles. The highest BCUT2D eigenvalue weighted by atomic mass is 79.9. The molecular weight excluding hydrogens is 284 g/mol. The van der Waals surface area contributed by atoms with Gasteiger partial charge in [-0.2, -0.15) is 0 Å². The lowest BCUT2D eigenvalue weighted by Gasteiger charge is -2.45. The second kappa shape index (κ2) is 4.60. The van der Waals surface area contributed by atoms with Gasteiger partial charge in [-0.25, -0.2) is 14.8 Å². The van der Waals surface area contributed by atoms with Crippen LogP contribution in [0.2, 0.25) is 0 Å². The van der Waals surface area contributed by atoms with E-state index in [0.29, 0.717) is 12.4 Å². The Labute approximate surface area is 109 Å². The van der Waals surface area contributed by atoms with Crippen LogP contribution in [0.15, 0.2) is 16.9 Å². The summed E-state index contributed by atoms with van der Waals surface area (Å²) in [6, 6.07) is -0.0455. The number of aromatic nitrogens is 2. The van der Waals surface area contributed by atoms with Crippen molar-refractivity contribution >= 4 is 22.0 Å². The Balaban J connectivity index is 1.79. The summed E-state index contributed by atoms with van der Waals surface area (Å²) in [6.07, 6.45) is 3.34. The van der Waals surface area contributed by atoms with E-state index < -0.39 is 0 Å². The fourth-order valence-corrected chi connectivity index (χ4v) is 2.03. The second-order valence-electron chi connectivity index (χ2n) is 5.00. The van der Waals surface area contributed by atoms with E-state index in [-0.39, 0.29) is 11.4 Å². The summed E-state index contributed by atoms with van der Waals surface area (Å²) in [4.78, 5) is 21.7. The molecule has 1 aliphatic heterocycles. The number of hydrogen-bond acceptors (Lipinski definition) is 3. The third kappa shape index (κ3) is 3.15. The van der Waals surface area contributed by atoms with Crippen LogP contribution in [-0.2, 0) is 6.54 Å². The van der Waals surface area contributed by atoms with Gasteiger partial charge in [-0.3, -0.25) is 0 Å². The molecule has 2 rings (SSSR count). The fraction of sp³-hybridized carbons (Fsp3) is 0.545. The van der Waals surface area contributed by atoms with Crippen molar-refractivity contribution in [2.75, 3.05) is 13.1 Å². The Kier molecular flexibility index (Phi) is 3.33. The van der Waals surface area contributed by atoms with Gasteiger partial charge < -0.3 is 10.2 Å². The molecule has 2 heterocycles. The summed E-state index contributed by atoms with van der Waals surface area (Å²) in [6.45, 7) is 6.27. The number of rotatable bonds is 2. The summed E-state index contributed by atoms with van der Waals surface area (Å²) < 4.78 is 0.831. The van der Waals surface area contributed by atoms with E-state index in [0.717, 1.165) is 17.6 Å². The number of carbonyl (C=O) groups excluding carboxylic acids is 1. The maximum Gasteiger partial charge on any atom is 0.317 e. The quantitative estimate of drug-likeness (QED) is 0.906. The van der Waals surface area contributed by atoms with Gasteiger partial charge in [-0.05, 0) is 15.9 Å². The van der Waals surface area contributed by atoms with Gasteiger partial charge >= 0.3 is 6.03 Å². The monoisotopic (exact) mass is 298 g/mol. The minimum Gasteiger partial charge on any atom is -0.331 e. The first-order valence-corrected chi connectivity index (χ1v) is 6.25. The zero-order valence-corrected chi connectivity index (χ0v) is 11.5. The highest BCUT2D eigenvalue weighted by Crippen LogP contribution is 2.28. The average molecular weight is 299 g/mol. The third-order valence-corrected chi connectivity index (χ3v) is 3.01. The normalized spacial score (nSPS) is 17.5. The first-order valence-electron chi connectivity index (χ1n) is 5.45. The van der Waals surface area contributed by atoms with Gasteiger partial charge in [0.1, 0.15) is 5.82 Å². The molecule has 0 atom stereocenters. The summed E-state index contributed by atoms with van der Waals surface area (Å²) in [7, 11) is 0. The van der Waals surface area contributed by atoms with Crippen LogP contribution in [0.25, 0.3) is 0 Å². The van der Waals surface area contributed by atoms with Crippen LogP contribution in [-0.4, -0.2) is 34.0 Å². The molecule has 5 nitrogen and oxygen atoms in total. The van der Waals surface area contributed by atoms with Crippen LogP contribution in [0.3, 0.4) is 0 Å². The lowest BCUT2D eigenvalue weighted by atomic mass is 9.85. The molecule has 0 saturated carbocycles. The number of likely N-dealkylation sites (tertiary alicyclic amines) is 1. The molecule has 1 fully saturated rings. The van der Waals surface area contributed by atoms with Gasteiger partial charge in [-0.15, -0.1) is 0 Å². The highest BCUT2D eigenvalue weighted by Gasteiger charge is 2.36. The molecular formula is C11H15BrN4O.